The highest BCUT2D eigenvalue weighted by Crippen LogP contribution is 2.37. The van der Waals surface area contributed by atoms with Crippen LogP contribution in [0.3, 0.4) is 0 Å². The third kappa shape index (κ3) is 2.44. The monoisotopic (exact) mass is 321 g/mol. The number of imidazole rings is 1. The lowest BCUT2D eigenvalue weighted by Gasteiger charge is -2.27. The molecule has 1 aliphatic carbocycles. The van der Waals surface area contributed by atoms with E-state index in [-0.39, 0.29) is 0 Å². The van der Waals surface area contributed by atoms with Crippen molar-refractivity contribution in [1.82, 2.24) is 19.5 Å². The molecule has 4 rings (SSSR count). The van der Waals surface area contributed by atoms with Gasteiger partial charge in [0.05, 0.1) is 29.9 Å². The van der Waals surface area contributed by atoms with E-state index in [9.17, 15) is 0 Å². The zero-order valence-electron chi connectivity index (χ0n) is 14.5. The first-order valence-electron chi connectivity index (χ1n) is 8.67. The van der Waals surface area contributed by atoms with Crippen LogP contribution in [-0.2, 0) is 13.5 Å². The fraction of sp³-hybridized carbons (Fsp3) is 0.421. The molecule has 3 heterocycles. The van der Waals surface area contributed by atoms with Gasteiger partial charge in [-0.05, 0) is 30.9 Å². The van der Waals surface area contributed by atoms with Gasteiger partial charge in [-0.15, -0.1) is 0 Å². The highest BCUT2D eigenvalue weighted by atomic mass is 15.2. The molecule has 0 atom stereocenters. The molecule has 0 amide bonds. The molecular weight excluding hydrogens is 298 g/mol. The molecule has 5 heteroatoms. The largest absolute Gasteiger partial charge is 0.334 e. The SMILES string of the molecule is CCc1cc(C2CCC2)ncc1N(C)c1cc2c(cn1)ncn2C. The summed E-state index contributed by atoms with van der Waals surface area (Å²) in [5, 5.41) is 0. The highest BCUT2D eigenvalue weighted by Gasteiger charge is 2.22. The van der Waals surface area contributed by atoms with Gasteiger partial charge in [-0.1, -0.05) is 13.3 Å². The van der Waals surface area contributed by atoms with Crippen LogP contribution in [0.15, 0.2) is 30.9 Å². The Morgan fingerprint density at radius 3 is 2.71 bits per heavy atom. The predicted octanol–water partition coefficient (Wildman–Crippen LogP) is 3.96. The number of aromatic nitrogens is 4. The molecule has 24 heavy (non-hydrogen) atoms. The van der Waals surface area contributed by atoms with Crippen LogP contribution < -0.4 is 4.90 Å². The quantitative estimate of drug-likeness (QED) is 0.729. The maximum absolute atomic E-state index is 4.74. The summed E-state index contributed by atoms with van der Waals surface area (Å²) in [5.41, 5.74) is 5.73. The lowest BCUT2D eigenvalue weighted by molar-refractivity contribution is 0.411. The molecule has 5 nitrogen and oxygen atoms in total. The zero-order valence-corrected chi connectivity index (χ0v) is 14.5. The lowest BCUT2D eigenvalue weighted by atomic mass is 9.82. The second kappa shape index (κ2) is 5.89. The first-order valence-corrected chi connectivity index (χ1v) is 8.67. The lowest BCUT2D eigenvalue weighted by Crippen LogP contribution is -2.16. The summed E-state index contributed by atoms with van der Waals surface area (Å²) in [6, 6.07) is 4.37. The topological polar surface area (TPSA) is 46.8 Å². The Kier molecular flexibility index (Phi) is 3.71. The zero-order chi connectivity index (χ0) is 16.7. The van der Waals surface area contributed by atoms with Crippen molar-refractivity contribution in [2.45, 2.75) is 38.5 Å². The molecule has 0 aromatic carbocycles. The first kappa shape index (κ1) is 15.1. The van der Waals surface area contributed by atoms with E-state index in [2.05, 4.69) is 41.0 Å². The minimum atomic E-state index is 0.665. The molecule has 0 spiro atoms. The fourth-order valence-corrected chi connectivity index (χ4v) is 3.35. The Balaban J connectivity index is 1.71. The van der Waals surface area contributed by atoms with E-state index in [1.54, 1.807) is 0 Å². The molecule has 0 N–H and O–H groups in total. The molecule has 124 valence electrons. The van der Waals surface area contributed by atoms with Gasteiger partial charge in [-0.2, -0.15) is 0 Å². The van der Waals surface area contributed by atoms with Gasteiger partial charge in [-0.25, -0.2) is 9.97 Å². The summed E-state index contributed by atoms with van der Waals surface area (Å²) in [4.78, 5) is 15.8. The van der Waals surface area contributed by atoms with E-state index in [0.29, 0.717) is 5.92 Å². The van der Waals surface area contributed by atoms with Crippen LogP contribution in [0, 0.1) is 0 Å². The molecule has 1 saturated carbocycles. The molecule has 0 radical (unpaired) electrons. The second-order valence-corrected chi connectivity index (χ2v) is 6.66. The van der Waals surface area contributed by atoms with Gasteiger partial charge >= 0.3 is 0 Å². The van der Waals surface area contributed by atoms with E-state index in [4.69, 9.17) is 4.98 Å². The Hall–Kier alpha value is -2.43. The van der Waals surface area contributed by atoms with E-state index >= 15 is 0 Å². The maximum Gasteiger partial charge on any atom is 0.134 e. The second-order valence-electron chi connectivity index (χ2n) is 6.66. The van der Waals surface area contributed by atoms with Gasteiger partial charge in [0.25, 0.3) is 0 Å². The van der Waals surface area contributed by atoms with E-state index in [0.717, 1.165) is 29.0 Å². The Bertz CT molecular complexity index is 879. The summed E-state index contributed by atoms with van der Waals surface area (Å²) in [6.07, 6.45) is 10.6. The van der Waals surface area contributed by atoms with Crippen LogP contribution in [0.5, 0.6) is 0 Å². The Morgan fingerprint density at radius 2 is 2.00 bits per heavy atom. The van der Waals surface area contributed by atoms with Gasteiger partial charge in [-0.3, -0.25) is 4.98 Å². The smallest absolute Gasteiger partial charge is 0.134 e. The van der Waals surface area contributed by atoms with Gasteiger partial charge in [0, 0.05) is 31.8 Å². The van der Waals surface area contributed by atoms with Crippen LogP contribution >= 0.6 is 0 Å². The maximum atomic E-state index is 4.74. The number of nitrogens with zero attached hydrogens (tertiary/aromatic N) is 5. The number of fused-ring (bicyclic) bond motifs is 1. The van der Waals surface area contributed by atoms with Crippen LogP contribution in [0.1, 0.15) is 43.4 Å². The van der Waals surface area contributed by atoms with Crippen molar-refractivity contribution in [2.24, 2.45) is 7.05 Å². The standard InChI is InChI=1S/C19H23N5/c1-4-13-8-15(14-6-5-7-14)20-11-18(13)24(3)19-9-17-16(10-21-19)22-12-23(17)2/h8-12,14H,4-7H2,1-3H3. The van der Waals surface area contributed by atoms with Crippen LogP contribution in [0.2, 0.25) is 0 Å². The minimum Gasteiger partial charge on any atom is -0.334 e. The molecule has 0 aliphatic heterocycles. The summed E-state index contributed by atoms with van der Waals surface area (Å²) >= 11 is 0. The number of aryl methyl sites for hydroxylation is 2. The average Bonchev–Trinajstić information content (AvgIpc) is 2.93. The normalized spacial score (nSPS) is 14.8. The third-order valence-corrected chi connectivity index (χ3v) is 5.19. The van der Waals surface area contributed by atoms with Crippen molar-refractivity contribution in [1.29, 1.82) is 0 Å². The summed E-state index contributed by atoms with van der Waals surface area (Å²) in [6.45, 7) is 2.20. The molecule has 1 aliphatic rings. The molecule has 3 aromatic heterocycles. The average molecular weight is 321 g/mol. The number of rotatable bonds is 4. The number of pyridine rings is 2. The first-order chi connectivity index (χ1) is 11.7. The predicted molar refractivity (Wildman–Crippen MR) is 96.8 cm³/mol. The number of anilines is 2. The van der Waals surface area contributed by atoms with Crippen LogP contribution in [0.25, 0.3) is 11.0 Å². The molecule has 3 aromatic rings. The number of hydrogen-bond acceptors (Lipinski definition) is 4. The van der Waals surface area contributed by atoms with Gasteiger partial charge < -0.3 is 9.47 Å². The molecule has 0 saturated heterocycles. The van der Waals surface area contributed by atoms with Crippen molar-refractivity contribution in [3.8, 4) is 0 Å². The van der Waals surface area contributed by atoms with Crippen molar-refractivity contribution in [2.75, 3.05) is 11.9 Å². The van der Waals surface area contributed by atoms with Crippen LogP contribution in [-0.4, -0.2) is 26.6 Å². The Morgan fingerprint density at radius 1 is 1.17 bits per heavy atom. The number of hydrogen-bond donors (Lipinski definition) is 0. The third-order valence-electron chi connectivity index (χ3n) is 5.19. The van der Waals surface area contributed by atoms with Crippen LogP contribution in [0.4, 0.5) is 11.5 Å². The van der Waals surface area contributed by atoms with E-state index in [1.165, 1.54) is 30.5 Å². The van der Waals surface area contributed by atoms with Crippen molar-refractivity contribution in [3.63, 3.8) is 0 Å². The molecule has 0 unspecified atom stereocenters. The summed E-state index contributed by atoms with van der Waals surface area (Å²) < 4.78 is 2.02. The van der Waals surface area contributed by atoms with Gasteiger partial charge in [0.15, 0.2) is 0 Å². The molecular formula is C19H23N5. The summed E-state index contributed by atoms with van der Waals surface area (Å²) in [5.74, 6) is 1.58. The van der Waals surface area contributed by atoms with E-state index < -0.39 is 0 Å². The molecule has 1 fully saturated rings. The van der Waals surface area contributed by atoms with Crippen molar-refractivity contribution < 1.29 is 0 Å². The Labute approximate surface area is 142 Å². The fourth-order valence-electron chi connectivity index (χ4n) is 3.35. The summed E-state index contributed by atoms with van der Waals surface area (Å²) in [7, 11) is 4.06. The van der Waals surface area contributed by atoms with E-state index in [1.807, 2.05) is 30.3 Å². The van der Waals surface area contributed by atoms with Crippen molar-refractivity contribution in [3.05, 3.63) is 42.1 Å². The van der Waals surface area contributed by atoms with Gasteiger partial charge in [0.2, 0.25) is 0 Å². The van der Waals surface area contributed by atoms with Gasteiger partial charge in [0.1, 0.15) is 11.3 Å². The van der Waals surface area contributed by atoms with Crippen molar-refractivity contribution >= 4 is 22.5 Å². The molecule has 0 bridgehead atoms. The minimum absolute atomic E-state index is 0.665. The highest BCUT2D eigenvalue weighted by molar-refractivity contribution is 5.79.